The van der Waals surface area contributed by atoms with Crippen LogP contribution < -0.4 is 10.1 Å². The van der Waals surface area contributed by atoms with Crippen LogP contribution in [0.5, 0.6) is 5.75 Å². The van der Waals surface area contributed by atoms with Crippen molar-refractivity contribution in [1.29, 1.82) is 0 Å². The molecule has 0 atom stereocenters. The molecule has 1 aromatic rings. The van der Waals surface area contributed by atoms with Crippen molar-refractivity contribution in [2.24, 2.45) is 0 Å². The summed E-state index contributed by atoms with van der Waals surface area (Å²) in [6, 6.07) is 7.88. The normalized spacial score (nSPS) is 19.4. The summed E-state index contributed by atoms with van der Waals surface area (Å²) >= 11 is 2.25. The third kappa shape index (κ3) is 3.33. The highest BCUT2D eigenvalue weighted by atomic mass is 127. The van der Waals surface area contributed by atoms with E-state index in [4.69, 9.17) is 4.74 Å². The Morgan fingerprint density at radius 3 is 2.81 bits per heavy atom. The second-order valence-electron chi connectivity index (χ2n) is 4.22. The number of rotatable bonds is 3. The first kappa shape index (κ1) is 12.1. The summed E-state index contributed by atoms with van der Waals surface area (Å²) in [4.78, 5) is 0. The number of hydrogen-bond acceptors (Lipinski definition) is 3. The van der Waals surface area contributed by atoms with Crippen molar-refractivity contribution in [3.63, 3.8) is 0 Å². The predicted molar refractivity (Wildman–Crippen MR) is 71.7 cm³/mol. The molecular formula is C12H16INO2. The molecule has 4 heteroatoms. The van der Waals surface area contributed by atoms with Crippen LogP contribution in [0.1, 0.15) is 12.8 Å². The van der Waals surface area contributed by atoms with Gasteiger partial charge in [0.1, 0.15) is 18.0 Å². The van der Waals surface area contributed by atoms with E-state index < -0.39 is 5.60 Å². The summed E-state index contributed by atoms with van der Waals surface area (Å²) in [5.41, 5.74) is -0.660. The predicted octanol–water partition coefficient (Wildman–Crippen LogP) is 1.78. The maximum atomic E-state index is 10.2. The summed E-state index contributed by atoms with van der Waals surface area (Å²) in [6.07, 6.45) is 1.52. The van der Waals surface area contributed by atoms with Gasteiger partial charge in [-0.3, -0.25) is 0 Å². The Morgan fingerprint density at radius 1 is 1.38 bits per heavy atom. The van der Waals surface area contributed by atoms with E-state index in [-0.39, 0.29) is 0 Å². The second-order valence-corrected chi connectivity index (χ2v) is 5.47. The van der Waals surface area contributed by atoms with Crippen LogP contribution in [-0.4, -0.2) is 30.4 Å². The number of nitrogens with one attached hydrogen (secondary N) is 1. The summed E-state index contributed by atoms with van der Waals surface area (Å²) in [7, 11) is 0. The molecule has 1 aliphatic rings. The van der Waals surface area contributed by atoms with E-state index in [0.717, 1.165) is 35.3 Å². The van der Waals surface area contributed by atoms with Crippen LogP contribution in [0.25, 0.3) is 0 Å². The lowest BCUT2D eigenvalue weighted by molar-refractivity contribution is -0.0286. The van der Waals surface area contributed by atoms with Crippen molar-refractivity contribution in [2.45, 2.75) is 18.4 Å². The molecule has 0 amide bonds. The molecule has 0 spiro atoms. The number of hydrogen-bond donors (Lipinski definition) is 2. The van der Waals surface area contributed by atoms with E-state index in [1.807, 2.05) is 24.3 Å². The van der Waals surface area contributed by atoms with E-state index in [2.05, 4.69) is 27.9 Å². The zero-order chi connectivity index (χ0) is 11.4. The summed E-state index contributed by atoms with van der Waals surface area (Å²) in [6.45, 7) is 2.12. The fourth-order valence-electron chi connectivity index (χ4n) is 1.81. The smallest absolute Gasteiger partial charge is 0.120 e. The number of piperidine rings is 1. The molecule has 0 unspecified atom stereocenters. The van der Waals surface area contributed by atoms with Crippen LogP contribution >= 0.6 is 22.6 Å². The van der Waals surface area contributed by atoms with Crippen LogP contribution in [0.15, 0.2) is 24.3 Å². The molecular weight excluding hydrogens is 317 g/mol. The lowest BCUT2D eigenvalue weighted by atomic mass is 9.94. The SMILES string of the molecule is OC1(COc2cccc(I)c2)CCNCC1. The molecule has 0 aliphatic carbocycles. The van der Waals surface area contributed by atoms with Gasteiger partial charge in [-0.25, -0.2) is 0 Å². The highest BCUT2D eigenvalue weighted by Crippen LogP contribution is 2.21. The third-order valence-electron chi connectivity index (χ3n) is 2.84. The van der Waals surface area contributed by atoms with Gasteiger partial charge in [0.05, 0.1) is 0 Å². The molecule has 0 radical (unpaired) electrons. The van der Waals surface area contributed by atoms with Crippen molar-refractivity contribution in [3.8, 4) is 5.75 Å². The number of aliphatic hydroxyl groups is 1. The molecule has 0 saturated carbocycles. The maximum Gasteiger partial charge on any atom is 0.120 e. The minimum atomic E-state index is -0.660. The zero-order valence-electron chi connectivity index (χ0n) is 9.08. The first-order chi connectivity index (χ1) is 7.68. The molecule has 1 aromatic carbocycles. The Balaban J connectivity index is 1.91. The second kappa shape index (κ2) is 5.33. The van der Waals surface area contributed by atoms with E-state index >= 15 is 0 Å². The van der Waals surface area contributed by atoms with Gasteiger partial charge >= 0.3 is 0 Å². The van der Waals surface area contributed by atoms with Crippen LogP contribution in [0, 0.1) is 3.57 Å². The van der Waals surface area contributed by atoms with Crippen LogP contribution in [0.4, 0.5) is 0 Å². The van der Waals surface area contributed by atoms with Crippen molar-refractivity contribution < 1.29 is 9.84 Å². The van der Waals surface area contributed by atoms with Gasteiger partial charge in [0.15, 0.2) is 0 Å². The molecule has 16 heavy (non-hydrogen) atoms. The van der Waals surface area contributed by atoms with Crippen molar-refractivity contribution in [2.75, 3.05) is 19.7 Å². The van der Waals surface area contributed by atoms with Gasteiger partial charge in [-0.1, -0.05) is 6.07 Å². The molecule has 1 fully saturated rings. The molecule has 1 saturated heterocycles. The summed E-state index contributed by atoms with van der Waals surface area (Å²) < 4.78 is 6.79. The lowest BCUT2D eigenvalue weighted by Crippen LogP contribution is -2.45. The van der Waals surface area contributed by atoms with Gasteiger partial charge < -0.3 is 15.2 Å². The zero-order valence-corrected chi connectivity index (χ0v) is 11.2. The number of benzene rings is 1. The molecule has 3 nitrogen and oxygen atoms in total. The summed E-state index contributed by atoms with van der Waals surface area (Å²) in [5, 5.41) is 13.5. The van der Waals surface area contributed by atoms with Crippen LogP contribution in [0.3, 0.4) is 0 Å². The fraction of sp³-hybridized carbons (Fsp3) is 0.500. The van der Waals surface area contributed by atoms with Crippen LogP contribution in [-0.2, 0) is 0 Å². The fourth-order valence-corrected chi connectivity index (χ4v) is 2.33. The van der Waals surface area contributed by atoms with Crippen LogP contribution in [0.2, 0.25) is 0 Å². The maximum absolute atomic E-state index is 10.2. The van der Waals surface area contributed by atoms with Crippen molar-refractivity contribution >= 4 is 22.6 Å². The lowest BCUT2D eigenvalue weighted by Gasteiger charge is -2.32. The molecule has 1 aliphatic heterocycles. The average Bonchev–Trinajstić information content (AvgIpc) is 2.28. The van der Waals surface area contributed by atoms with Gasteiger partial charge in [0.25, 0.3) is 0 Å². The Labute approximate surface area is 109 Å². The van der Waals surface area contributed by atoms with Gasteiger partial charge in [0.2, 0.25) is 0 Å². The monoisotopic (exact) mass is 333 g/mol. The van der Waals surface area contributed by atoms with Gasteiger partial charge in [0, 0.05) is 3.57 Å². The molecule has 2 rings (SSSR count). The molecule has 0 aromatic heterocycles. The van der Waals surface area contributed by atoms with E-state index in [1.165, 1.54) is 0 Å². The number of ether oxygens (including phenoxy) is 1. The highest BCUT2D eigenvalue weighted by molar-refractivity contribution is 14.1. The highest BCUT2D eigenvalue weighted by Gasteiger charge is 2.29. The quantitative estimate of drug-likeness (QED) is 0.829. The van der Waals surface area contributed by atoms with Crippen molar-refractivity contribution in [3.05, 3.63) is 27.8 Å². The topological polar surface area (TPSA) is 41.5 Å². The van der Waals surface area contributed by atoms with E-state index in [9.17, 15) is 5.11 Å². The Hall–Kier alpha value is -0.330. The first-order valence-electron chi connectivity index (χ1n) is 5.49. The Kier molecular flexibility index (Phi) is 4.05. The number of halogens is 1. The standard InChI is InChI=1S/C12H16INO2/c13-10-2-1-3-11(8-10)16-9-12(15)4-6-14-7-5-12/h1-3,8,14-15H,4-7,9H2. The minimum Gasteiger partial charge on any atom is -0.491 e. The Bertz CT molecular complexity index is 351. The Morgan fingerprint density at radius 2 is 2.12 bits per heavy atom. The first-order valence-corrected chi connectivity index (χ1v) is 6.57. The van der Waals surface area contributed by atoms with Gasteiger partial charge in [-0.05, 0) is 66.7 Å². The van der Waals surface area contributed by atoms with Gasteiger partial charge in [-0.15, -0.1) is 0 Å². The minimum absolute atomic E-state index is 0.384. The molecule has 88 valence electrons. The molecule has 2 N–H and O–H groups in total. The average molecular weight is 333 g/mol. The van der Waals surface area contributed by atoms with E-state index in [0.29, 0.717) is 6.61 Å². The third-order valence-corrected chi connectivity index (χ3v) is 3.51. The largest absolute Gasteiger partial charge is 0.491 e. The molecule has 1 heterocycles. The van der Waals surface area contributed by atoms with Crippen molar-refractivity contribution in [1.82, 2.24) is 5.32 Å². The molecule has 0 bridgehead atoms. The van der Waals surface area contributed by atoms with Gasteiger partial charge in [-0.2, -0.15) is 0 Å². The summed E-state index contributed by atoms with van der Waals surface area (Å²) in [5.74, 6) is 0.832. The van der Waals surface area contributed by atoms with E-state index in [1.54, 1.807) is 0 Å².